The van der Waals surface area contributed by atoms with E-state index in [9.17, 15) is 18.5 Å². The van der Waals surface area contributed by atoms with E-state index in [0.29, 0.717) is 23.7 Å². The van der Waals surface area contributed by atoms with Crippen molar-refractivity contribution >= 4 is 38.6 Å². The molecule has 1 aliphatic rings. The summed E-state index contributed by atoms with van der Waals surface area (Å²) < 4.78 is 26.8. The minimum Gasteiger partial charge on any atom is -0.258 e. The molecule has 1 unspecified atom stereocenters. The van der Waals surface area contributed by atoms with Crippen molar-refractivity contribution in [2.45, 2.75) is 42.9 Å². The van der Waals surface area contributed by atoms with Crippen molar-refractivity contribution in [2.24, 2.45) is 5.92 Å². The molecule has 0 aliphatic heterocycles. The van der Waals surface area contributed by atoms with Gasteiger partial charge in [-0.25, -0.2) is 13.1 Å². The highest BCUT2D eigenvalue weighted by atomic mass is 35.5. The molecule has 0 aromatic carbocycles. The van der Waals surface area contributed by atoms with Crippen LogP contribution in [0.3, 0.4) is 0 Å². The summed E-state index contributed by atoms with van der Waals surface area (Å²) in [5.41, 5.74) is -0.368. The lowest BCUT2D eigenvalue weighted by Gasteiger charge is -2.15. The van der Waals surface area contributed by atoms with Crippen molar-refractivity contribution in [3.8, 4) is 0 Å². The average Bonchev–Trinajstić information content (AvgIpc) is 3.07. The van der Waals surface area contributed by atoms with Gasteiger partial charge in [0.2, 0.25) is 0 Å². The Kier molecular flexibility index (Phi) is 4.68. The molecule has 0 bridgehead atoms. The second-order valence-electron chi connectivity index (χ2n) is 4.89. The molecule has 2 rings (SSSR count). The van der Waals surface area contributed by atoms with Crippen LogP contribution in [0.4, 0.5) is 5.69 Å². The maximum absolute atomic E-state index is 12.2. The topological polar surface area (TPSA) is 89.3 Å². The van der Waals surface area contributed by atoms with Crippen LogP contribution in [0.5, 0.6) is 0 Å². The van der Waals surface area contributed by atoms with E-state index in [1.807, 2.05) is 6.92 Å². The Morgan fingerprint density at radius 2 is 2.25 bits per heavy atom. The Morgan fingerprint density at radius 3 is 2.70 bits per heavy atom. The zero-order chi connectivity index (χ0) is 14.9. The summed E-state index contributed by atoms with van der Waals surface area (Å²) in [6.07, 6.45) is 3.80. The highest BCUT2D eigenvalue weighted by Crippen LogP contribution is 2.37. The van der Waals surface area contributed by atoms with E-state index in [4.69, 9.17) is 11.6 Å². The van der Waals surface area contributed by atoms with Crippen LogP contribution in [0.25, 0.3) is 0 Å². The summed E-state index contributed by atoms with van der Waals surface area (Å²) in [5, 5.41) is 10.7. The lowest BCUT2D eigenvalue weighted by Crippen LogP contribution is -2.34. The second-order valence-corrected chi connectivity index (χ2v) is 8.48. The summed E-state index contributed by atoms with van der Waals surface area (Å²) >= 11 is 6.41. The quantitative estimate of drug-likeness (QED) is 0.610. The normalized spacial score (nSPS) is 17.1. The number of hydrogen-bond donors (Lipinski definition) is 1. The van der Waals surface area contributed by atoms with Crippen LogP contribution in [0.1, 0.15) is 32.6 Å². The fraction of sp³-hybridized carbons (Fsp3) is 0.636. The number of hydrogen-bond acceptors (Lipinski definition) is 5. The first-order valence-electron chi connectivity index (χ1n) is 6.29. The predicted octanol–water partition coefficient (Wildman–Crippen LogP) is 3.17. The third-order valence-electron chi connectivity index (χ3n) is 3.24. The molecule has 0 radical (unpaired) electrons. The van der Waals surface area contributed by atoms with Gasteiger partial charge in [0.1, 0.15) is 4.21 Å². The molecule has 0 saturated heterocycles. The first kappa shape index (κ1) is 15.7. The Labute approximate surface area is 126 Å². The maximum atomic E-state index is 12.2. The fourth-order valence-electron chi connectivity index (χ4n) is 1.93. The number of rotatable bonds is 7. The molecule has 1 atom stereocenters. The van der Waals surface area contributed by atoms with Crippen LogP contribution in [0.2, 0.25) is 4.34 Å². The van der Waals surface area contributed by atoms with Crippen LogP contribution >= 0.6 is 22.9 Å². The van der Waals surface area contributed by atoms with Crippen molar-refractivity contribution in [2.75, 3.05) is 0 Å². The third kappa shape index (κ3) is 3.69. The fourth-order valence-corrected chi connectivity index (χ4v) is 4.94. The molecule has 6 nitrogen and oxygen atoms in total. The summed E-state index contributed by atoms with van der Waals surface area (Å²) in [7, 11) is -3.74. The van der Waals surface area contributed by atoms with Gasteiger partial charge in [-0.05, 0) is 18.8 Å². The standard InChI is InChI=1S/C11H15ClN2O4S2/c1-2-8(5-7-3-4-7)13-20(17,18)10-6-9(14(15)16)11(12)19-10/h6-8,13H,2-5H2,1H3. The van der Waals surface area contributed by atoms with E-state index in [2.05, 4.69) is 4.72 Å². The highest BCUT2D eigenvalue weighted by molar-refractivity contribution is 7.91. The number of nitro groups is 1. The highest BCUT2D eigenvalue weighted by Gasteiger charge is 2.30. The lowest BCUT2D eigenvalue weighted by molar-refractivity contribution is -0.384. The summed E-state index contributed by atoms with van der Waals surface area (Å²) in [6, 6.07) is 0.881. The molecule has 20 heavy (non-hydrogen) atoms. The first-order chi connectivity index (χ1) is 9.33. The van der Waals surface area contributed by atoms with E-state index >= 15 is 0 Å². The zero-order valence-corrected chi connectivity index (χ0v) is 13.2. The zero-order valence-electron chi connectivity index (χ0n) is 10.8. The van der Waals surface area contributed by atoms with Crippen molar-refractivity contribution in [1.29, 1.82) is 0 Å². The Hall–Kier alpha value is -0.700. The largest absolute Gasteiger partial charge is 0.300 e. The van der Waals surface area contributed by atoms with Gasteiger partial charge in [0, 0.05) is 12.1 Å². The number of nitrogens with one attached hydrogen (secondary N) is 1. The summed E-state index contributed by atoms with van der Waals surface area (Å²) in [6.45, 7) is 1.92. The van der Waals surface area contributed by atoms with Gasteiger partial charge in [0.25, 0.3) is 15.7 Å². The molecule has 112 valence electrons. The molecule has 9 heteroatoms. The average molecular weight is 339 g/mol. The molecule has 1 fully saturated rings. The van der Waals surface area contributed by atoms with Crippen LogP contribution in [0, 0.1) is 16.0 Å². The minimum absolute atomic E-state index is 0.108. The van der Waals surface area contributed by atoms with Gasteiger partial charge in [-0.1, -0.05) is 31.4 Å². The number of thiophene rings is 1. The van der Waals surface area contributed by atoms with E-state index in [0.717, 1.165) is 25.3 Å². The molecular formula is C11H15ClN2O4S2. The lowest BCUT2D eigenvalue weighted by atomic mass is 10.1. The molecule has 1 aromatic rings. The smallest absolute Gasteiger partial charge is 0.258 e. The molecule has 1 aliphatic carbocycles. The van der Waals surface area contributed by atoms with Crippen LogP contribution in [-0.2, 0) is 10.0 Å². The maximum Gasteiger partial charge on any atom is 0.300 e. The number of nitrogens with zero attached hydrogens (tertiary/aromatic N) is 1. The molecule has 1 aromatic heterocycles. The summed E-state index contributed by atoms with van der Waals surface area (Å²) in [5.74, 6) is 0.601. The van der Waals surface area contributed by atoms with Gasteiger partial charge in [-0.2, -0.15) is 0 Å². The molecule has 1 saturated carbocycles. The van der Waals surface area contributed by atoms with Gasteiger partial charge in [-0.15, -0.1) is 11.3 Å². The predicted molar refractivity (Wildman–Crippen MR) is 77.7 cm³/mol. The SMILES string of the molecule is CCC(CC1CC1)NS(=O)(=O)c1cc([N+](=O)[O-])c(Cl)s1. The summed E-state index contributed by atoms with van der Waals surface area (Å²) in [4.78, 5) is 10.0. The molecule has 0 spiro atoms. The Balaban J connectivity index is 2.16. The molecular weight excluding hydrogens is 324 g/mol. The number of halogens is 1. The van der Waals surface area contributed by atoms with Crippen molar-refractivity contribution < 1.29 is 13.3 Å². The van der Waals surface area contributed by atoms with Gasteiger partial charge >= 0.3 is 0 Å². The van der Waals surface area contributed by atoms with Crippen LogP contribution < -0.4 is 4.72 Å². The Bertz CT molecular complexity index is 610. The molecule has 1 heterocycles. The third-order valence-corrected chi connectivity index (χ3v) is 6.57. The van der Waals surface area contributed by atoms with Crippen molar-refractivity contribution in [3.05, 3.63) is 20.5 Å². The van der Waals surface area contributed by atoms with E-state index in [-0.39, 0.29) is 20.3 Å². The second kappa shape index (κ2) is 5.97. The monoisotopic (exact) mass is 338 g/mol. The van der Waals surface area contributed by atoms with Gasteiger partial charge in [0.05, 0.1) is 4.92 Å². The number of sulfonamides is 1. The van der Waals surface area contributed by atoms with Crippen molar-refractivity contribution in [3.63, 3.8) is 0 Å². The van der Waals surface area contributed by atoms with E-state index in [1.165, 1.54) is 0 Å². The van der Waals surface area contributed by atoms with Crippen LogP contribution in [-0.4, -0.2) is 19.4 Å². The van der Waals surface area contributed by atoms with Gasteiger partial charge < -0.3 is 0 Å². The first-order valence-corrected chi connectivity index (χ1v) is 8.97. The minimum atomic E-state index is -3.74. The Morgan fingerprint density at radius 1 is 1.60 bits per heavy atom. The van der Waals surface area contributed by atoms with Gasteiger partial charge in [-0.3, -0.25) is 10.1 Å². The van der Waals surface area contributed by atoms with Crippen molar-refractivity contribution in [1.82, 2.24) is 4.72 Å². The van der Waals surface area contributed by atoms with Crippen LogP contribution in [0.15, 0.2) is 10.3 Å². The van der Waals surface area contributed by atoms with E-state index < -0.39 is 14.9 Å². The molecule has 1 N–H and O–H groups in total. The van der Waals surface area contributed by atoms with E-state index in [1.54, 1.807) is 0 Å². The van der Waals surface area contributed by atoms with Gasteiger partial charge in [0.15, 0.2) is 4.34 Å². The molecule has 0 amide bonds.